The number of aromatic nitrogens is 3. The Morgan fingerprint density at radius 1 is 0.966 bits per heavy atom. The standard InChI is InChI=1S/C22H19BrN4OS/c23-19-13-17(11-12-20(19)28-15-16-7-3-1-4-8-16)14-24-27-21(25-26-22(27)29)18-9-5-2-6-10-18/h1-13,24H,14-15H2,(H,26,29). The number of aromatic amines is 1. The smallest absolute Gasteiger partial charge is 0.214 e. The molecule has 0 aliphatic carbocycles. The molecule has 146 valence electrons. The molecule has 4 aromatic rings. The highest BCUT2D eigenvalue weighted by Crippen LogP contribution is 2.27. The van der Waals surface area contributed by atoms with Crippen LogP contribution < -0.4 is 10.2 Å². The topological polar surface area (TPSA) is 54.9 Å². The lowest BCUT2D eigenvalue weighted by atomic mass is 10.2. The highest BCUT2D eigenvalue weighted by molar-refractivity contribution is 9.10. The van der Waals surface area contributed by atoms with Crippen molar-refractivity contribution < 1.29 is 4.74 Å². The Labute approximate surface area is 182 Å². The molecule has 0 unspecified atom stereocenters. The summed E-state index contributed by atoms with van der Waals surface area (Å²) in [6.45, 7) is 1.12. The Kier molecular flexibility index (Phi) is 6.07. The molecular formula is C22H19BrN4OS. The van der Waals surface area contributed by atoms with E-state index in [1.54, 1.807) is 4.68 Å². The zero-order valence-electron chi connectivity index (χ0n) is 15.5. The number of halogens is 1. The molecule has 29 heavy (non-hydrogen) atoms. The Morgan fingerprint density at radius 3 is 2.41 bits per heavy atom. The zero-order chi connectivity index (χ0) is 20.1. The number of benzene rings is 3. The van der Waals surface area contributed by atoms with Crippen molar-refractivity contribution in [2.45, 2.75) is 13.2 Å². The minimum Gasteiger partial charge on any atom is -0.488 e. The summed E-state index contributed by atoms with van der Waals surface area (Å²) >= 11 is 8.98. The molecular weight excluding hydrogens is 448 g/mol. The van der Waals surface area contributed by atoms with Crippen molar-refractivity contribution in [3.63, 3.8) is 0 Å². The van der Waals surface area contributed by atoms with E-state index in [9.17, 15) is 0 Å². The van der Waals surface area contributed by atoms with Crippen LogP contribution in [0.4, 0.5) is 0 Å². The van der Waals surface area contributed by atoms with Crippen molar-refractivity contribution in [1.29, 1.82) is 0 Å². The average Bonchev–Trinajstić information content (AvgIpc) is 3.13. The van der Waals surface area contributed by atoms with E-state index in [-0.39, 0.29) is 0 Å². The predicted molar refractivity (Wildman–Crippen MR) is 121 cm³/mol. The van der Waals surface area contributed by atoms with Crippen molar-refractivity contribution in [3.05, 3.63) is 99.2 Å². The lowest BCUT2D eigenvalue weighted by Crippen LogP contribution is -2.16. The Balaban J connectivity index is 1.44. The maximum Gasteiger partial charge on any atom is 0.214 e. The van der Waals surface area contributed by atoms with E-state index < -0.39 is 0 Å². The second-order valence-corrected chi connectivity index (χ2v) is 7.67. The van der Waals surface area contributed by atoms with Crippen LogP contribution in [0.1, 0.15) is 11.1 Å². The molecule has 1 heterocycles. The lowest BCUT2D eigenvalue weighted by Gasteiger charge is -2.12. The molecule has 0 amide bonds. The number of nitrogens with one attached hydrogen (secondary N) is 2. The summed E-state index contributed by atoms with van der Waals surface area (Å²) in [5.41, 5.74) is 6.54. The van der Waals surface area contributed by atoms with Gasteiger partial charge in [-0.1, -0.05) is 66.7 Å². The first-order valence-electron chi connectivity index (χ1n) is 9.12. The quantitative estimate of drug-likeness (QED) is 0.343. The second-order valence-electron chi connectivity index (χ2n) is 6.43. The maximum atomic E-state index is 5.92. The molecule has 0 aliphatic heterocycles. The van der Waals surface area contributed by atoms with Crippen LogP contribution in [-0.2, 0) is 13.2 Å². The third-order valence-electron chi connectivity index (χ3n) is 4.38. The molecule has 0 atom stereocenters. The third-order valence-corrected chi connectivity index (χ3v) is 5.27. The number of nitrogens with zero attached hydrogens (tertiary/aromatic N) is 2. The van der Waals surface area contributed by atoms with Gasteiger partial charge in [-0.15, -0.1) is 0 Å². The summed E-state index contributed by atoms with van der Waals surface area (Å²) < 4.78 is 9.14. The van der Waals surface area contributed by atoms with Gasteiger partial charge in [-0.3, -0.25) is 0 Å². The Morgan fingerprint density at radius 2 is 1.69 bits per heavy atom. The van der Waals surface area contributed by atoms with Gasteiger partial charge in [-0.2, -0.15) is 5.10 Å². The molecule has 0 saturated heterocycles. The van der Waals surface area contributed by atoms with Gasteiger partial charge in [0, 0.05) is 5.56 Å². The Hall–Kier alpha value is -2.90. The van der Waals surface area contributed by atoms with Gasteiger partial charge < -0.3 is 10.2 Å². The first kappa shape index (κ1) is 19.4. The summed E-state index contributed by atoms with van der Waals surface area (Å²) in [6.07, 6.45) is 0. The van der Waals surface area contributed by atoms with Gasteiger partial charge in [-0.05, 0) is 51.4 Å². The van der Waals surface area contributed by atoms with E-state index in [2.05, 4.69) is 31.6 Å². The molecule has 1 aromatic heterocycles. The summed E-state index contributed by atoms with van der Waals surface area (Å²) in [6, 6.07) is 26.1. The molecule has 2 N–H and O–H groups in total. The van der Waals surface area contributed by atoms with Crippen LogP contribution in [0.2, 0.25) is 0 Å². The molecule has 0 spiro atoms. The number of ether oxygens (including phenoxy) is 1. The number of hydrogen-bond donors (Lipinski definition) is 2. The van der Waals surface area contributed by atoms with Crippen LogP contribution in [-0.4, -0.2) is 14.9 Å². The summed E-state index contributed by atoms with van der Waals surface area (Å²) in [7, 11) is 0. The summed E-state index contributed by atoms with van der Waals surface area (Å²) in [5, 5.41) is 7.19. The molecule has 3 aromatic carbocycles. The number of H-pyrrole nitrogens is 1. The van der Waals surface area contributed by atoms with Crippen LogP contribution >= 0.6 is 28.1 Å². The minimum absolute atomic E-state index is 0.519. The number of rotatable bonds is 7. The van der Waals surface area contributed by atoms with Crippen LogP contribution in [0, 0.1) is 4.77 Å². The maximum absolute atomic E-state index is 5.92. The van der Waals surface area contributed by atoms with E-state index in [1.807, 2.05) is 78.9 Å². The normalized spacial score (nSPS) is 10.7. The van der Waals surface area contributed by atoms with E-state index >= 15 is 0 Å². The Bertz CT molecular complexity index is 1140. The fourth-order valence-electron chi connectivity index (χ4n) is 2.90. The fourth-order valence-corrected chi connectivity index (χ4v) is 3.64. The summed E-state index contributed by atoms with van der Waals surface area (Å²) in [4.78, 5) is 0. The molecule has 4 rings (SSSR count). The van der Waals surface area contributed by atoms with Crippen LogP contribution in [0.15, 0.2) is 83.3 Å². The highest BCUT2D eigenvalue weighted by Gasteiger charge is 2.09. The molecule has 0 radical (unpaired) electrons. The van der Waals surface area contributed by atoms with Crippen LogP contribution in [0.3, 0.4) is 0 Å². The first-order valence-corrected chi connectivity index (χ1v) is 10.3. The van der Waals surface area contributed by atoms with Crippen molar-refractivity contribution in [2.75, 3.05) is 5.43 Å². The van der Waals surface area contributed by atoms with Crippen molar-refractivity contribution in [1.82, 2.24) is 14.9 Å². The minimum atomic E-state index is 0.519. The second kappa shape index (κ2) is 9.07. The average molecular weight is 467 g/mol. The molecule has 0 saturated carbocycles. The zero-order valence-corrected chi connectivity index (χ0v) is 17.9. The molecule has 0 fully saturated rings. The largest absolute Gasteiger partial charge is 0.488 e. The van der Waals surface area contributed by atoms with E-state index in [4.69, 9.17) is 17.0 Å². The third kappa shape index (κ3) is 4.75. The molecule has 0 bridgehead atoms. The van der Waals surface area contributed by atoms with E-state index in [0.29, 0.717) is 17.9 Å². The SMILES string of the molecule is S=c1[nH]nc(-c2ccccc2)n1NCc1ccc(OCc2ccccc2)c(Br)c1. The predicted octanol–water partition coefficient (Wildman–Crippen LogP) is 5.69. The van der Waals surface area contributed by atoms with Gasteiger partial charge in [0.2, 0.25) is 4.77 Å². The van der Waals surface area contributed by atoms with Crippen molar-refractivity contribution >= 4 is 28.1 Å². The highest BCUT2D eigenvalue weighted by atomic mass is 79.9. The summed E-state index contributed by atoms with van der Waals surface area (Å²) in [5.74, 6) is 1.56. The van der Waals surface area contributed by atoms with Crippen molar-refractivity contribution in [3.8, 4) is 17.1 Å². The van der Waals surface area contributed by atoms with Crippen LogP contribution in [0.5, 0.6) is 5.75 Å². The monoisotopic (exact) mass is 466 g/mol. The lowest BCUT2D eigenvalue weighted by molar-refractivity contribution is 0.304. The first-order chi connectivity index (χ1) is 14.2. The van der Waals surface area contributed by atoms with E-state index in [0.717, 1.165) is 32.7 Å². The van der Waals surface area contributed by atoms with Gasteiger partial charge in [0.1, 0.15) is 12.4 Å². The molecule has 0 aliphatic rings. The van der Waals surface area contributed by atoms with Gasteiger partial charge in [-0.25, -0.2) is 9.77 Å². The van der Waals surface area contributed by atoms with E-state index in [1.165, 1.54) is 0 Å². The molecule has 7 heteroatoms. The van der Waals surface area contributed by atoms with Gasteiger partial charge in [0.05, 0.1) is 11.0 Å². The van der Waals surface area contributed by atoms with Gasteiger partial charge >= 0.3 is 0 Å². The van der Waals surface area contributed by atoms with Gasteiger partial charge in [0.15, 0.2) is 5.82 Å². The molecule has 5 nitrogen and oxygen atoms in total. The van der Waals surface area contributed by atoms with Crippen molar-refractivity contribution in [2.24, 2.45) is 0 Å². The van der Waals surface area contributed by atoms with Crippen LogP contribution in [0.25, 0.3) is 11.4 Å². The van der Waals surface area contributed by atoms with Gasteiger partial charge in [0.25, 0.3) is 0 Å². The number of hydrogen-bond acceptors (Lipinski definition) is 4. The fraction of sp³-hybridized carbons (Fsp3) is 0.0909.